The van der Waals surface area contributed by atoms with Crippen LogP contribution in [0, 0.1) is 0 Å². The molecule has 0 heterocycles. The van der Waals surface area contributed by atoms with E-state index < -0.39 is 0 Å². The molecule has 0 unspecified atom stereocenters. The molecule has 0 fully saturated rings. The van der Waals surface area contributed by atoms with Gasteiger partial charge in [0.25, 0.3) is 0 Å². The summed E-state index contributed by atoms with van der Waals surface area (Å²) in [6.07, 6.45) is 8.73. The molecule has 0 atom stereocenters. The number of phenols is 2. The third-order valence-electron chi connectivity index (χ3n) is 3.94. The minimum absolute atomic E-state index is 0.134. The topological polar surface area (TPSA) is 40.5 Å². The number of hydrogen-bond donors (Lipinski definition) is 2. The molecule has 2 aromatic carbocycles. The zero-order valence-electron chi connectivity index (χ0n) is 13.8. The van der Waals surface area contributed by atoms with E-state index in [0.29, 0.717) is 0 Å². The first-order valence-corrected chi connectivity index (χ1v) is 8.45. The number of aryl methyl sites for hydroxylation is 1. The van der Waals surface area contributed by atoms with Crippen molar-refractivity contribution in [2.75, 3.05) is 0 Å². The molecule has 2 heteroatoms. The maximum absolute atomic E-state index is 9.48. The largest absolute Gasteiger partial charge is 0.508 e. The van der Waals surface area contributed by atoms with Crippen molar-refractivity contribution in [3.63, 3.8) is 0 Å². The average molecular weight is 310 g/mol. The third-order valence-corrected chi connectivity index (χ3v) is 3.94. The van der Waals surface area contributed by atoms with E-state index in [1.54, 1.807) is 12.1 Å². The summed E-state index contributed by atoms with van der Waals surface area (Å²) in [4.78, 5) is 0. The quantitative estimate of drug-likeness (QED) is 0.614. The van der Waals surface area contributed by atoms with E-state index in [4.69, 9.17) is 0 Å². The molecule has 0 aliphatic rings. The van der Waals surface area contributed by atoms with Gasteiger partial charge in [-0.1, -0.05) is 49.8 Å². The summed E-state index contributed by atoms with van der Waals surface area (Å²) in [6.45, 7) is 2.21. The van der Waals surface area contributed by atoms with Gasteiger partial charge in [-0.2, -0.15) is 0 Å². The number of aromatic hydroxyl groups is 2. The predicted octanol–water partition coefficient (Wildman–Crippen LogP) is 5.69. The van der Waals surface area contributed by atoms with Crippen LogP contribution in [0.25, 0.3) is 5.57 Å². The SMILES string of the molecule is CCC/C(=C\CCCCc1cc(O)cc(O)c1)c1ccccc1. The lowest BCUT2D eigenvalue weighted by atomic mass is 9.99. The second-order valence-corrected chi connectivity index (χ2v) is 5.95. The molecule has 0 saturated heterocycles. The van der Waals surface area contributed by atoms with Crippen LogP contribution >= 0.6 is 0 Å². The molecule has 23 heavy (non-hydrogen) atoms. The zero-order valence-corrected chi connectivity index (χ0v) is 13.8. The minimum Gasteiger partial charge on any atom is -0.508 e. The molecule has 0 aliphatic carbocycles. The average Bonchev–Trinajstić information content (AvgIpc) is 2.53. The number of phenolic OH excluding ortho intramolecular Hbond substituents is 2. The molecule has 2 aromatic rings. The van der Waals surface area contributed by atoms with Crippen molar-refractivity contribution in [2.24, 2.45) is 0 Å². The van der Waals surface area contributed by atoms with Crippen molar-refractivity contribution in [2.45, 2.75) is 45.4 Å². The van der Waals surface area contributed by atoms with E-state index in [0.717, 1.165) is 44.1 Å². The van der Waals surface area contributed by atoms with E-state index in [-0.39, 0.29) is 11.5 Å². The van der Waals surface area contributed by atoms with Gasteiger partial charge in [0.05, 0.1) is 0 Å². The molecule has 0 saturated carbocycles. The molecule has 0 spiro atoms. The first kappa shape index (κ1) is 17.1. The lowest BCUT2D eigenvalue weighted by Gasteiger charge is -2.07. The number of hydrogen-bond acceptors (Lipinski definition) is 2. The van der Waals surface area contributed by atoms with E-state index in [2.05, 4.69) is 43.3 Å². The summed E-state index contributed by atoms with van der Waals surface area (Å²) in [6, 6.07) is 15.4. The standard InChI is InChI=1S/C21H26O2/c1-2-9-18(19-12-7-4-8-13-19)11-6-3-5-10-17-14-20(22)16-21(23)15-17/h4,7-8,11-16,22-23H,2-3,5-6,9-10H2,1H3/b18-11+. The number of rotatable bonds is 8. The molecule has 0 aromatic heterocycles. The normalized spacial score (nSPS) is 11.6. The van der Waals surface area contributed by atoms with Crippen molar-refractivity contribution >= 4 is 5.57 Å². The Hall–Kier alpha value is -2.22. The highest BCUT2D eigenvalue weighted by Gasteiger charge is 2.01. The summed E-state index contributed by atoms with van der Waals surface area (Å²) in [5.74, 6) is 0.267. The van der Waals surface area contributed by atoms with Gasteiger partial charge >= 0.3 is 0 Å². The maximum Gasteiger partial charge on any atom is 0.119 e. The fraction of sp³-hybridized carbons (Fsp3) is 0.333. The Labute approximate surface area is 139 Å². The van der Waals surface area contributed by atoms with Gasteiger partial charge in [0.2, 0.25) is 0 Å². The molecule has 2 N–H and O–H groups in total. The first-order chi connectivity index (χ1) is 11.2. The Morgan fingerprint density at radius 1 is 0.957 bits per heavy atom. The Balaban J connectivity index is 1.84. The van der Waals surface area contributed by atoms with Crippen LogP contribution in [0.1, 0.15) is 50.2 Å². The predicted molar refractivity (Wildman–Crippen MR) is 96.7 cm³/mol. The van der Waals surface area contributed by atoms with Crippen molar-refractivity contribution in [1.29, 1.82) is 0 Å². The van der Waals surface area contributed by atoms with Gasteiger partial charge in [-0.15, -0.1) is 0 Å². The van der Waals surface area contributed by atoms with Crippen LogP contribution in [-0.4, -0.2) is 10.2 Å². The van der Waals surface area contributed by atoms with Crippen LogP contribution < -0.4 is 0 Å². The zero-order chi connectivity index (χ0) is 16.5. The Bertz CT molecular complexity index is 609. The highest BCUT2D eigenvalue weighted by atomic mass is 16.3. The summed E-state index contributed by atoms with van der Waals surface area (Å²) in [5, 5.41) is 19.0. The van der Waals surface area contributed by atoms with Gasteiger partial charge in [-0.25, -0.2) is 0 Å². The van der Waals surface area contributed by atoms with Crippen LogP contribution in [0.5, 0.6) is 11.5 Å². The van der Waals surface area contributed by atoms with E-state index in [9.17, 15) is 10.2 Å². The second kappa shape index (κ2) is 9.04. The Morgan fingerprint density at radius 3 is 2.30 bits per heavy atom. The van der Waals surface area contributed by atoms with Gasteiger partial charge in [0.15, 0.2) is 0 Å². The molecule has 122 valence electrons. The Morgan fingerprint density at radius 2 is 1.65 bits per heavy atom. The van der Waals surface area contributed by atoms with Crippen LogP contribution in [-0.2, 0) is 6.42 Å². The first-order valence-electron chi connectivity index (χ1n) is 8.45. The fourth-order valence-electron chi connectivity index (χ4n) is 2.84. The van der Waals surface area contributed by atoms with Crippen LogP contribution in [0.15, 0.2) is 54.6 Å². The van der Waals surface area contributed by atoms with Crippen LogP contribution in [0.4, 0.5) is 0 Å². The van der Waals surface area contributed by atoms with Crippen molar-refractivity contribution in [3.05, 3.63) is 65.7 Å². The third kappa shape index (κ3) is 5.82. The number of unbranched alkanes of at least 4 members (excludes halogenated alkanes) is 2. The summed E-state index contributed by atoms with van der Waals surface area (Å²) in [5.41, 5.74) is 3.75. The van der Waals surface area contributed by atoms with Gasteiger partial charge < -0.3 is 10.2 Å². The monoisotopic (exact) mass is 310 g/mol. The lowest BCUT2D eigenvalue weighted by molar-refractivity contribution is 0.449. The second-order valence-electron chi connectivity index (χ2n) is 5.95. The fourth-order valence-corrected chi connectivity index (χ4v) is 2.84. The van der Waals surface area contributed by atoms with Gasteiger partial charge in [-0.05, 0) is 60.9 Å². The van der Waals surface area contributed by atoms with Crippen LogP contribution in [0.2, 0.25) is 0 Å². The molecule has 0 aliphatic heterocycles. The summed E-state index contributed by atoms with van der Waals surface area (Å²) < 4.78 is 0. The van der Waals surface area contributed by atoms with Crippen molar-refractivity contribution in [3.8, 4) is 11.5 Å². The van der Waals surface area contributed by atoms with E-state index >= 15 is 0 Å². The van der Waals surface area contributed by atoms with Crippen LogP contribution in [0.3, 0.4) is 0 Å². The molecular weight excluding hydrogens is 284 g/mol. The van der Waals surface area contributed by atoms with Crippen molar-refractivity contribution in [1.82, 2.24) is 0 Å². The number of benzene rings is 2. The van der Waals surface area contributed by atoms with Gasteiger partial charge in [0, 0.05) is 6.07 Å². The smallest absolute Gasteiger partial charge is 0.119 e. The molecule has 2 nitrogen and oxygen atoms in total. The molecule has 0 bridgehead atoms. The summed E-state index contributed by atoms with van der Waals surface area (Å²) >= 11 is 0. The van der Waals surface area contributed by atoms with E-state index in [1.165, 1.54) is 17.2 Å². The highest BCUT2D eigenvalue weighted by molar-refractivity contribution is 5.65. The highest BCUT2D eigenvalue weighted by Crippen LogP contribution is 2.23. The van der Waals surface area contributed by atoms with Gasteiger partial charge in [-0.3, -0.25) is 0 Å². The van der Waals surface area contributed by atoms with Gasteiger partial charge in [0.1, 0.15) is 11.5 Å². The van der Waals surface area contributed by atoms with Crippen molar-refractivity contribution < 1.29 is 10.2 Å². The minimum atomic E-state index is 0.134. The molecule has 0 radical (unpaired) electrons. The Kier molecular flexibility index (Phi) is 6.74. The molecular formula is C21H26O2. The summed E-state index contributed by atoms with van der Waals surface area (Å²) in [7, 11) is 0. The lowest BCUT2D eigenvalue weighted by Crippen LogP contribution is -1.87. The maximum atomic E-state index is 9.48. The molecule has 2 rings (SSSR count). The molecule has 0 amide bonds. The number of allylic oxidation sites excluding steroid dienone is 2. The van der Waals surface area contributed by atoms with E-state index in [1.807, 2.05) is 0 Å².